The molecule has 0 aliphatic carbocycles. The van der Waals surface area contributed by atoms with Gasteiger partial charge in [-0.3, -0.25) is 9.59 Å². The van der Waals surface area contributed by atoms with Gasteiger partial charge in [0.25, 0.3) is 5.78 Å². The Morgan fingerprint density at radius 1 is 1.00 bits per heavy atom. The average Bonchev–Trinajstić information content (AvgIpc) is 2.19. The first-order valence-corrected chi connectivity index (χ1v) is 7.55. The number of hydrogen-bond acceptors (Lipinski definition) is 6. The number of ketones is 1. The van der Waals surface area contributed by atoms with Gasteiger partial charge in [-0.05, 0) is 41.5 Å². The molecule has 116 valence electrons. The first-order valence-electron chi connectivity index (χ1n) is 6.06. The minimum atomic E-state index is -1.17. The van der Waals surface area contributed by atoms with E-state index in [1.165, 1.54) is 0 Å². The molecule has 0 aliphatic heterocycles. The topological polar surface area (TPSA) is 69.7 Å². The molecule has 1 unspecified atom stereocenters. The molecule has 0 saturated heterocycles. The molecule has 20 heavy (non-hydrogen) atoms. The van der Waals surface area contributed by atoms with Crippen molar-refractivity contribution < 1.29 is 23.9 Å². The quantitative estimate of drug-likeness (QED) is 0.440. The third-order valence-corrected chi connectivity index (χ3v) is 3.06. The number of halogens is 1. The van der Waals surface area contributed by atoms with Crippen LogP contribution in [0.1, 0.15) is 41.5 Å². The number of rotatable bonds is 5. The molecule has 0 heterocycles. The van der Waals surface area contributed by atoms with Crippen molar-refractivity contribution in [3.05, 3.63) is 0 Å². The first kappa shape index (κ1) is 19.2. The smallest absolute Gasteiger partial charge is 0.377 e. The number of alkyl halides is 1. The van der Waals surface area contributed by atoms with Crippen molar-refractivity contribution in [3.63, 3.8) is 0 Å². The SMILES string of the molecule is CC(C)(C)OC(=O)CSC(Cl)C(=O)C(=O)OC(C)(C)C. The predicted molar refractivity (Wildman–Crippen MR) is 78.8 cm³/mol. The lowest BCUT2D eigenvalue weighted by atomic mass is 10.2. The predicted octanol–water partition coefficient (Wildman–Crippen LogP) is 2.54. The molecule has 0 saturated carbocycles. The lowest BCUT2D eigenvalue weighted by Gasteiger charge is -2.20. The van der Waals surface area contributed by atoms with E-state index in [9.17, 15) is 14.4 Å². The zero-order valence-corrected chi connectivity index (χ0v) is 14.2. The molecule has 0 rings (SSSR count). The van der Waals surface area contributed by atoms with Crippen LogP contribution in [0.4, 0.5) is 0 Å². The monoisotopic (exact) mass is 324 g/mol. The van der Waals surface area contributed by atoms with E-state index in [1.807, 2.05) is 0 Å². The molecule has 0 bridgehead atoms. The van der Waals surface area contributed by atoms with E-state index >= 15 is 0 Å². The van der Waals surface area contributed by atoms with E-state index in [1.54, 1.807) is 41.5 Å². The zero-order valence-electron chi connectivity index (χ0n) is 12.6. The number of carbonyl (C=O) groups is 3. The number of hydrogen-bond donors (Lipinski definition) is 0. The zero-order chi connectivity index (χ0) is 16.1. The molecule has 0 aromatic heterocycles. The number of Topliss-reactive ketones (excluding diaryl/α,β-unsaturated/α-hetero) is 1. The van der Waals surface area contributed by atoms with E-state index in [0.717, 1.165) is 11.8 Å². The van der Waals surface area contributed by atoms with Gasteiger partial charge in [-0.1, -0.05) is 0 Å². The van der Waals surface area contributed by atoms with E-state index in [-0.39, 0.29) is 5.75 Å². The highest BCUT2D eigenvalue weighted by atomic mass is 35.5. The fourth-order valence-electron chi connectivity index (χ4n) is 1.01. The second-order valence-corrected chi connectivity index (χ2v) is 7.87. The third kappa shape index (κ3) is 9.20. The van der Waals surface area contributed by atoms with Gasteiger partial charge in [0.05, 0.1) is 5.75 Å². The summed E-state index contributed by atoms with van der Waals surface area (Å²) in [5.74, 6) is -2.49. The number of esters is 2. The largest absolute Gasteiger partial charge is 0.459 e. The van der Waals surface area contributed by atoms with Gasteiger partial charge in [-0.25, -0.2) is 4.79 Å². The Hall–Kier alpha value is -0.750. The normalized spacial score (nSPS) is 13.6. The molecule has 0 fully saturated rings. The molecular weight excluding hydrogens is 304 g/mol. The Morgan fingerprint density at radius 2 is 1.45 bits per heavy atom. The molecule has 0 N–H and O–H groups in total. The van der Waals surface area contributed by atoms with Crippen LogP contribution in [0.25, 0.3) is 0 Å². The van der Waals surface area contributed by atoms with Crippen molar-refractivity contribution in [2.24, 2.45) is 0 Å². The van der Waals surface area contributed by atoms with Gasteiger partial charge >= 0.3 is 11.9 Å². The molecule has 0 aromatic carbocycles. The second-order valence-electron chi connectivity index (χ2n) is 6.08. The maximum absolute atomic E-state index is 11.6. The number of carbonyl (C=O) groups excluding carboxylic acids is 3. The summed E-state index contributed by atoms with van der Waals surface area (Å²) in [4.78, 5) is 34.6. The Labute approximate surface area is 128 Å². The molecule has 7 heteroatoms. The van der Waals surface area contributed by atoms with Gasteiger partial charge in [0.1, 0.15) is 15.9 Å². The van der Waals surface area contributed by atoms with Crippen molar-refractivity contribution in [2.75, 3.05) is 5.75 Å². The summed E-state index contributed by atoms with van der Waals surface area (Å²) in [5.41, 5.74) is -1.37. The van der Waals surface area contributed by atoms with Gasteiger partial charge in [0, 0.05) is 0 Å². The van der Waals surface area contributed by atoms with Crippen LogP contribution in [0.5, 0.6) is 0 Å². The van der Waals surface area contributed by atoms with Gasteiger partial charge in [0.15, 0.2) is 0 Å². The summed E-state index contributed by atoms with van der Waals surface area (Å²) < 4.78 is 8.80. The van der Waals surface area contributed by atoms with Crippen LogP contribution in [0.15, 0.2) is 0 Å². The van der Waals surface area contributed by atoms with Crippen molar-refractivity contribution in [3.8, 4) is 0 Å². The third-order valence-electron chi connectivity index (χ3n) is 1.57. The lowest BCUT2D eigenvalue weighted by molar-refractivity contribution is -0.161. The Morgan fingerprint density at radius 3 is 1.85 bits per heavy atom. The summed E-state index contributed by atoms with van der Waals surface area (Å²) >= 11 is 6.60. The van der Waals surface area contributed by atoms with E-state index in [2.05, 4.69) is 0 Å². The van der Waals surface area contributed by atoms with Crippen LogP contribution in [0.2, 0.25) is 0 Å². The van der Waals surface area contributed by atoms with Gasteiger partial charge < -0.3 is 9.47 Å². The fraction of sp³-hybridized carbons (Fsp3) is 0.769. The van der Waals surface area contributed by atoms with Gasteiger partial charge in [0.2, 0.25) is 0 Å². The molecule has 0 amide bonds. The maximum atomic E-state index is 11.6. The van der Waals surface area contributed by atoms with Gasteiger partial charge in [-0.2, -0.15) is 0 Å². The lowest BCUT2D eigenvalue weighted by Crippen LogP contribution is -2.33. The Balaban J connectivity index is 4.28. The average molecular weight is 325 g/mol. The van der Waals surface area contributed by atoms with E-state index < -0.39 is 33.6 Å². The fourth-order valence-corrected chi connectivity index (χ4v) is 1.88. The minimum Gasteiger partial charge on any atom is -0.459 e. The van der Waals surface area contributed by atoms with E-state index in [0.29, 0.717) is 0 Å². The van der Waals surface area contributed by atoms with Crippen molar-refractivity contribution in [1.29, 1.82) is 0 Å². The van der Waals surface area contributed by atoms with Gasteiger partial charge in [-0.15, -0.1) is 23.4 Å². The van der Waals surface area contributed by atoms with Crippen molar-refractivity contribution in [1.82, 2.24) is 0 Å². The summed E-state index contributed by atoms with van der Waals surface area (Å²) in [6.07, 6.45) is 0. The molecule has 0 aliphatic rings. The molecule has 0 aromatic rings. The van der Waals surface area contributed by atoms with Crippen LogP contribution in [0, 0.1) is 0 Å². The van der Waals surface area contributed by atoms with E-state index in [4.69, 9.17) is 21.1 Å². The standard InChI is InChI=1S/C13H21ClO5S/c1-12(2,3)18-8(15)7-20-10(14)9(16)11(17)19-13(4,5)6/h10H,7H2,1-6H3. The van der Waals surface area contributed by atoms with Crippen LogP contribution in [-0.2, 0) is 23.9 Å². The maximum Gasteiger partial charge on any atom is 0.377 e. The summed E-state index contributed by atoms with van der Waals surface area (Å²) in [7, 11) is 0. The molecule has 0 radical (unpaired) electrons. The van der Waals surface area contributed by atoms with Crippen LogP contribution in [0.3, 0.4) is 0 Å². The highest BCUT2D eigenvalue weighted by Gasteiger charge is 2.30. The number of ether oxygens (including phenoxy) is 2. The molecule has 1 atom stereocenters. The Bertz CT molecular complexity index is 381. The second kappa shape index (κ2) is 7.31. The van der Waals surface area contributed by atoms with Crippen molar-refractivity contribution in [2.45, 2.75) is 57.5 Å². The molecule has 5 nitrogen and oxygen atoms in total. The van der Waals surface area contributed by atoms with Crippen LogP contribution in [-0.4, -0.2) is 39.4 Å². The summed E-state index contributed by atoms with van der Waals surface area (Å²) in [5, 5.41) is 0. The van der Waals surface area contributed by atoms with Crippen LogP contribution < -0.4 is 0 Å². The van der Waals surface area contributed by atoms with Crippen molar-refractivity contribution >= 4 is 41.1 Å². The molecular formula is C13H21ClO5S. The Kier molecular flexibility index (Phi) is 7.04. The number of thioether (sulfide) groups is 1. The summed E-state index contributed by atoms with van der Waals surface area (Å²) in [6, 6.07) is 0. The highest BCUT2D eigenvalue weighted by Crippen LogP contribution is 2.20. The highest BCUT2D eigenvalue weighted by molar-refractivity contribution is 8.02. The first-order chi connectivity index (χ1) is 8.82. The minimum absolute atomic E-state index is 0.111. The summed E-state index contributed by atoms with van der Waals surface area (Å²) in [6.45, 7) is 10.2. The molecule has 0 spiro atoms. The van der Waals surface area contributed by atoms with Crippen LogP contribution >= 0.6 is 23.4 Å².